The zero-order valence-corrected chi connectivity index (χ0v) is 8.30. The number of hydrogen-bond donors (Lipinski definition) is 0. The summed E-state index contributed by atoms with van der Waals surface area (Å²) in [6, 6.07) is 0. The van der Waals surface area contributed by atoms with Crippen LogP contribution >= 0.6 is 0 Å². The molecule has 0 radical (unpaired) electrons. The van der Waals surface area contributed by atoms with Gasteiger partial charge in [-0.3, -0.25) is 4.79 Å². The van der Waals surface area contributed by atoms with Gasteiger partial charge in [-0.15, -0.1) is 0 Å². The van der Waals surface area contributed by atoms with Gasteiger partial charge in [-0.2, -0.15) is 0 Å². The third-order valence-electron chi connectivity index (χ3n) is 1.99. The maximum absolute atomic E-state index is 12.8. The molecular weight excluding hydrogens is 157 g/mol. The highest BCUT2D eigenvalue weighted by molar-refractivity contribution is 5.77. The van der Waals surface area contributed by atoms with Crippen LogP contribution in [0.25, 0.3) is 0 Å². The molecule has 0 aromatic rings. The lowest BCUT2D eigenvalue weighted by molar-refractivity contribution is -0.135. The average molecular weight is 175 g/mol. The van der Waals surface area contributed by atoms with Gasteiger partial charge in [0.1, 0.15) is 6.17 Å². The molecule has 1 saturated heterocycles. The average Bonchev–Trinajstić information content (AvgIpc) is 2.05. The van der Waals surface area contributed by atoms with E-state index in [1.165, 1.54) is 4.90 Å². The highest BCUT2D eigenvalue weighted by atomic mass is 19.1. The molecule has 0 spiro atoms. The smallest absolute Gasteiger partial charge is 0.222 e. The van der Waals surface area contributed by atoms with Crippen molar-refractivity contribution in [3.05, 3.63) is 0 Å². The van der Waals surface area contributed by atoms with Crippen molar-refractivity contribution < 1.29 is 9.18 Å². The first-order chi connectivity index (χ1) is 5.61. The van der Waals surface area contributed by atoms with E-state index >= 15 is 0 Å². The van der Waals surface area contributed by atoms with Crippen LogP contribution in [0.5, 0.6) is 0 Å². The maximum atomic E-state index is 12.8. The largest absolute Gasteiger partial charge is 0.343 e. The van der Waals surface area contributed by atoms with Crippen molar-refractivity contribution in [3.63, 3.8) is 0 Å². The van der Waals surface area contributed by atoms with Gasteiger partial charge >= 0.3 is 0 Å². The Morgan fingerprint density at radius 2 is 2.00 bits per heavy atom. The third-order valence-corrected chi connectivity index (χ3v) is 1.99. The van der Waals surface area contributed by atoms with Crippen molar-refractivity contribution in [1.29, 1.82) is 0 Å². The van der Waals surface area contributed by atoms with Crippen LogP contribution in [0.1, 0.15) is 27.2 Å². The first kappa shape index (κ1) is 11.4. The number of carbonyl (C=O) groups excluding carboxylic acids is 1. The van der Waals surface area contributed by atoms with E-state index in [0.717, 1.165) is 0 Å². The zero-order chi connectivity index (χ0) is 9.72. The van der Waals surface area contributed by atoms with E-state index < -0.39 is 6.17 Å². The lowest BCUT2D eigenvalue weighted by Crippen LogP contribution is -2.42. The fraction of sp³-hybridized carbons (Fsp3) is 0.889. The van der Waals surface area contributed by atoms with E-state index in [9.17, 15) is 9.18 Å². The molecule has 0 saturated carbocycles. The second-order valence-electron chi connectivity index (χ2n) is 2.97. The van der Waals surface area contributed by atoms with Crippen LogP contribution in [0.3, 0.4) is 0 Å². The zero-order valence-electron chi connectivity index (χ0n) is 8.30. The van der Waals surface area contributed by atoms with Gasteiger partial charge in [-0.1, -0.05) is 20.8 Å². The summed E-state index contributed by atoms with van der Waals surface area (Å²) in [6.45, 7) is 6.04. The van der Waals surface area contributed by atoms with E-state index in [2.05, 4.69) is 0 Å². The summed E-state index contributed by atoms with van der Waals surface area (Å²) in [5.74, 6) is -0.0369. The molecule has 1 rings (SSSR count). The Bertz CT molecular complexity index is 149. The minimum atomic E-state index is -0.831. The normalized spacial score (nSPS) is 29.4. The van der Waals surface area contributed by atoms with Crippen LogP contribution in [0, 0.1) is 5.92 Å². The highest BCUT2D eigenvalue weighted by Gasteiger charge is 2.28. The van der Waals surface area contributed by atoms with Crippen molar-refractivity contribution in [2.45, 2.75) is 33.4 Å². The number of alkyl halides is 1. The van der Waals surface area contributed by atoms with E-state index in [-0.39, 0.29) is 18.4 Å². The third kappa shape index (κ3) is 2.80. The maximum Gasteiger partial charge on any atom is 0.222 e. The number of amides is 1. The Morgan fingerprint density at radius 3 is 2.42 bits per heavy atom. The van der Waals surface area contributed by atoms with Gasteiger partial charge in [-0.25, -0.2) is 4.39 Å². The molecular formula is C9H18FNO. The minimum absolute atomic E-state index is 0.0569. The van der Waals surface area contributed by atoms with Crippen molar-refractivity contribution in [2.75, 3.05) is 13.6 Å². The molecule has 0 aromatic heterocycles. The Morgan fingerprint density at radius 1 is 1.50 bits per heavy atom. The molecule has 0 aliphatic carbocycles. The summed E-state index contributed by atoms with van der Waals surface area (Å²) in [6.07, 6.45) is -0.472. The molecule has 3 heteroatoms. The quantitative estimate of drug-likeness (QED) is 0.550. The van der Waals surface area contributed by atoms with Gasteiger partial charge in [0.05, 0.1) is 6.54 Å². The van der Waals surface area contributed by atoms with Gasteiger partial charge in [0, 0.05) is 13.5 Å². The van der Waals surface area contributed by atoms with Crippen molar-refractivity contribution >= 4 is 5.91 Å². The van der Waals surface area contributed by atoms with Crippen LogP contribution in [-0.2, 0) is 4.79 Å². The van der Waals surface area contributed by atoms with Crippen molar-refractivity contribution in [3.8, 4) is 0 Å². The molecule has 0 N–H and O–H groups in total. The fourth-order valence-corrected chi connectivity index (χ4v) is 1.10. The van der Waals surface area contributed by atoms with E-state index in [1.807, 2.05) is 13.8 Å². The van der Waals surface area contributed by atoms with Crippen LogP contribution < -0.4 is 0 Å². The Labute approximate surface area is 73.7 Å². The summed E-state index contributed by atoms with van der Waals surface area (Å²) in [7, 11) is 1.64. The SMILES string of the molecule is CC.CC1CC(=O)N(C)CC1F. The number of likely N-dealkylation sites (tertiary alicyclic amines) is 1. The van der Waals surface area contributed by atoms with Crippen LogP contribution in [0.4, 0.5) is 4.39 Å². The molecule has 1 amide bonds. The second-order valence-corrected chi connectivity index (χ2v) is 2.97. The predicted molar refractivity (Wildman–Crippen MR) is 47.7 cm³/mol. The molecule has 2 nitrogen and oxygen atoms in total. The standard InChI is InChI=1S/C7H12FNO.C2H6/c1-5-3-7(10)9(2)4-6(5)8;1-2/h5-6H,3-4H2,1-2H3;1-2H3. The molecule has 12 heavy (non-hydrogen) atoms. The number of hydrogen-bond acceptors (Lipinski definition) is 1. The molecule has 1 fully saturated rings. The van der Waals surface area contributed by atoms with Crippen LogP contribution in [0.15, 0.2) is 0 Å². The summed E-state index contributed by atoms with van der Waals surface area (Å²) in [4.78, 5) is 12.4. The first-order valence-corrected chi connectivity index (χ1v) is 4.49. The van der Waals surface area contributed by atoms with Gasteiger partial charge in [-0.05, 0) is 5.92 Å². The number of piperidine rings is 1. The molecule has 0 aromatic carbocycles. The second kappa shape index (κ2) is 5.12. The summed E-state index contributed by atoms with van der Waals surface area (Å²) in [5.41, 5.74) is 0. The van der Waals surface area contributed by atoms with Crippen molar-refractivity contribution in [1.82, 2.24) is 4.90 Å². The van der Waals surface area contributed by atoms with Crippen molar-refractivity contribution in [2.24, 2.45) is 5.92 Å². The molecule has 2 atom stereocenters. The molecule has 72 valence electrons. The molecule has 0 bridgehead atoms. The summed E-state index contributed by atoms with van der Waals surface area (Å²) < 4.78 is 12.8. The van der Waals surface area contributed by atoms with Gasteiger partial charge in [0.2, 0.25) is 5.91 Å². The Hall–Kier alpha value is -0.600. The number of carbonyl (C=O) groups is 1. The molecule has 1 heterocycles. The van der Waals surface area contributed by atoms with Gasteiger partial charge in [0.25, 0.3) is 0 Å². The molecule has 1 aliphatic heterocycles. The lowest BCUT2D eigenvalue weighted by atomic mass is 9.97. The van der Waals surface area contributed by atoms with Gasteiger partial charge in [0.15, 0.2) is 0 Å². The Kier molecular flexibility index (Phi) is 4.86. The Balaban J connectivity index is 0.000000561. The molecule has 2 unspecified atom stereocenters. The highest BCUT2D eigenvalue weighted by Crippen LogP contribution is 2.19. The summed E-state index contributed by atoms with van der Waals surface area (Å²) >= 11 is 0. The summed E-state index contributed by atoms with van der Waals surface area (Å²) in [5, 5.41) is 0. The number of halogens is 1. The van der Waals surface area contributed by atoms with Crippen LogP contribution in [0.2, 0.25) is 0 Å². The minimum Gasteiger partial charge on any atom is -0.343 e. The number of rotatable bonds is 0. The van der Waals surface area contributed by atoms with E-state index in [1.54, 1.807) is 14.0 Å². The van der Waals surface area contributed by atoms with E-state index in [0.29, 0.717) is 6.42 Å². The number of nitrogens with zero attached hydrogens (tertiary/aromatic N) is 1. The van der Waals surface area contributed by atoms with Crippen LogP contribution in [-0.4, -0.2) is 30.6 Å². The lowest BCUT2D eigenvalue weighted by Gasteiger charge is -2.29. The topological polar surface area (TPSA) is 20.3 Å². The fourth-order valence-electron chi connectivity index (χ4n) is 1.10. The van der Waals surface area contributed by atoms with Gasteiger partial charge < -0.3 is 4.90 Å². The molecule has 1 aliphatic rings. The predicted octanol–water partition coefficient (Wildman–Crippen LogP) is 1.85. The first-order valence-electron chi connectivity index (χ1n) is 4.49. The monoisotopic (exact) mass is 175 g/mol. The van der Waals surface area contributed by atoms with E-state index in [4.69, 9.17) is 0 Å².